The SMILES string of the molecule is NCCN1CCN(c2nc(Nc3ccccc3)nc(Nc3ccc(C=Cc4ccc(Nc5nc(Nc6ccccc6)nc(N6CCN(CCN)CC6)n5)cc4S(=O)(=O)O)c(SOOO)c3)n2)CC1. The summed E-state index contributed by atoms with van der Waals surface area (Å²) in [5, 5.41) is 25.9. The number of nitrogens with one attached hydrogen (secondary N) is 4. The molecule has 2 aromatic heterocycles. The molecule has 0 amide bonds. The van der Waals surface area contributed by atoms with Gasteiger partial charge in [-0.3, -0.25) is 14.4 Å². The van der Waals surface area contributed by atoms with Crippen molar-refractivity contribution in [3.63, 3.8) is 0 Å². The maximum atomic E-state index is 12.9. The van der Waals surface area contributed by atoms with Gasteiger partial charge in [0.25, 0.3) is 10.1 Å². The summed E-state index contributed by atoms with van der Waals surface area (Å²) in [7, 11) is -4.75. The second-order valence-corrected chi connectivity index (χ2v) is 17.7. The summed E-state index contributed by atoms with van der Waals surface area (Å²) >= 11 is 0.707. The summed E-state index contributed by atoms with van der Waals surface area (Å²) in [5.41, 5.74) is 14.7. The molecule has 0 aliphatic carbocycles. The molecule has 0 saturated carbocycles. The fraction of sp³-hybridized carbons (Fsp3) is 0.273. The average molecular weight is 965 g/mol. The van der Waals surface area contributed by atoms with E-state index in [9.17, 15) is 13.0 Å². The lowest BCUT2D eigenvalue weighted by Gasteiger charge is -2.34. The van der Waals surface area contributed by atoms with Gasteiger partial charge >= 0.3 is 0 Å². The lowest BCUT2D eigenvalue weighted by atomic mass is 10.1. The first-order valence-corrected chi connectivity index (χ1v) is 23.9. The number of benzene rings is 4. The Morgan fingerprint density at radius 1 is 0.574 bits per heavy atom. The van der Waals surface area contributed by atoms with Crippen molar-refractivity contribution in [1.82, 2.24) is 39.7 Å². The molecule has 2 fully saturated rings. The van der Waals surface area contributed by atoms with Gasteiger partial charge in [-0.05, 0) is 59.7 Å². The maximum absolute atomic E-state index is 12.9. The summed E-state index contributed by atoms with van der Waals surface area (Å²) in [6, 6.07) is 28.7. The number of aromatic nitrogens is 6. The third kappa shape index (κ3) is 13.1. The molecule has 2 aliphatic heterocycles. The summed E-state index contributed by atoms with van der Waals surface area (Å²) in [6.45, 7) is 8.71. The van der Waals surface area contributed by atoms with E-state index in [-0.39, 0.29) is 28.3 Å². The Labute approximate surface area is 397 Å². The fourth-order valence-corrected chi connectivity index (χ4v) is 8.75. The zero-order valence-electron chi connectivity index (χ0n) is 36.8. The molecular weight excluding hydrogens is 913 g/mol. The van der Waals surface area contributed by atoms with Gasteiger partial charge in [0.2, 0.25) is 35.7 Å². The van der Waals surface area contributed by atoms with E-state index in [4.69, 9.17) is 41.0 Å². The molecule has 2 aliphatic rings. The van der Waals surface area contributed by atoms with E-state index in [2.05, 4.69) is 55.9 Å². The van der Waals surface area contributed by atoms with Crippen molar-refractivity contribution in [3.8, 4) is 0 Å². The van der Waals surface area contributed by atoms with Gasteiger partial charge in [0.1, 0.15) is 4.90 Å². The highest BCUT2D eigenvalue weighted by atomic mass is 32.2. The number of hydrogen-bond acceptors (Lipinski definition) is 22. The minimum atomic E-state index is -4.75. The van der Waals surface area contributed by atoms with Gasteiger partial charge < -0.3 is 42.5 Å². The Morgan fingerprint density at radius 3 is 1.44 bits per heavy atom. The maximum Gasteiger partial charge on any atom is 0.295 e. The Morgan fingerprint density at radius 2 is 1.00 bits per heavy atom. The van der Waals surface area contributed by atoms with Crippen molar-refractivity contribution in [1.29, 1.82) is 0 Å². The summed E-state index contributed by atoms with van der Waals surface area (Å²) in [6.07, 6.45) is 3.16. The van der Waals surface area contributed by atoms with Crippen LogP contribution in [0.2, 0.25) is 0 Å². The first-order valence-electron chi connectivity index (χ1n) is 21.8. The normalized spacial score (nSPS) is 14.9. The molecule has 24 heteroatoms. The smallest absolute Gasteiger partial charge is 0.295 e. The Hall–Kier alpha value is -6.58. The van der Waals surface area contributed by atoms with Gasteiger partial charge in [0.15, 0.2) is 0 Å². The summed E-state index contributed by atoms with van der Waals surface area (Å²) < 4.78 is 41.1. The fourth-order valence-electron chi connectivity index (χ4n) is 7.53. The van der Waals surface area contributed by atoms with E-state index < -0.39 is 10.1 Å². The summed E-state index contributed by atoms with van der Waals surface area (Å²) in [5.74, 6) is 1.97. The molecule has 4 aromatic carbocycles. The molecule has 0 bridgehead atoms. The highest BCUT2D eigenvalue weighted by Crippen LogP contribution is 2.32. The second kappa shape index (κ2) is 22.9. The minimum Gasteiger partial charge on any atom is -0.338 e. The van der Waals surface area contributed by atoms with E-state index in [1.165, 1.54) is 18.2 Å². The molecule has 6 aromatic rings. The van der Waals surface area contributed by atoms with E-state index in [0.29, 0.717) is 91.0 Å². The van der Waals surface area contributed by atoms with Crippen LogP contribution in [0.15, 0.2) is 107 Å². The number of nitrogens with two attached hydrogens (primary N) is 2. The van der Waals surface area contributed by atoms with Crippen LogP contribution in [0.25, 0.3) is 12.2 Å². The Bertz CT molecular complexity index is 2750. The van der Waals surface area contributed by atoms with E-state index in [1.54, 1.807) is 30.3 Å². The number of rotatable bonds is 20. The van der Waals surface area contributed by atoms with E-state index in [1.807, 2.05) is 60.7 Å². The van der Waals surface area contributed by atoms with Crippen molar-refractivity contribution in [3.05, 3.63) is 108 Å². The molecule has 0 unspecified atom stereocenters. The number of para-hydroxylation sites is 2. The van der Waals surface area contributed by atoms with Crippen LogP contribution in [0.1, 0.15) is 11.1 Å². The molecular formula is C44H52N16O6S2. The van der Waals surface area contributed by atoms with Gasteiger partial charge in [0.05, 0.1) is 12.0 Å². The predicted octanol–water partition coefficient (Wildman–Crippen LogP) is 5.04. The van der Waals surface area contributed by atoms with Crippen LogP contribution < -0.4 is 42.5 Å². The third-order valence-electron chi connectivity index (χ3n) is 10.9. The van der Waals surface area contributed by atoms with E-state index in [0.717, 1.165) is 50.6 Å². The molecule has 4 heterocycles. The highest BCUT2D eigenvalue weighted by Gasteiger charge is 2.23. The topological polar surface area (TPSA) is 284 Å². The molecule has 8 rings (SSSR count). The molecule has 0 radical (unpaired) electrons. The van der Waals surface area contributed by atoms with Gasteiger partial charge in [-0.2, -0.15) is 38.3 Å². The number of anilines is 10. The first kappa shape index (κ1) is 47.9. The number of piperazine rings is 2. The van der Waals surface area contributed by atoms with Crippen molar-refractivity contribution >= 4 is 92.8 Å². The molecule has 10 N–H and O–H groups in total. The van der Waals surface area contributed by atoms with Gasteiger partial charge in [-0.15, -0.1) is 4.33 Å². The van der Waals surface area contributed by atoms with Crippen molar-refractivity contribution in [2.24, 2.45) is 11.5 Å². The monoisotopic (exact) mass is 964 g/mol. The van der Waals surface area contributed by atoms with Crippen molar-refractivity contribution < 1.29 is 27.6 Å². The minimum absolute atomic E-state index is 0.155. The van der Waals surface area contributed by atoms with Gasteiger partial charge in [-0.25, -0.2) is 5.26 Å². The van der Waals surface area contributed by atoms with Crippen molar-refractivity contribution in [2.75, 3.05) is 110 Å². The second-order valence-electron chi connectivity index (χ2n) is 15.6. The van der Waals surface area contributed by atoms with Crippen LogP contribution >= 0.6 is 12.0 Å². The largest absolute Gasteiger partial charge is 0.338 e. The molecule has 22 nitrogen and oxygen atoms in total. The number of hydrogen-bond donors (Lipinski definition) is 8. The number of nitrogens with zero attached hydrogens (tertiary/aromatic N) is 10. The van der Waals surface area contributed by atoms with Crippen LogP contribution in [0.3, 0.4) is 0 Å². The van der Waals surface area contributed by atoms with Gasteiger partial charge in [-0.1, -0.05) is 65.7 Å². The van der Waals surface area contributed by atoms with E-state index >= 15 is 0 Å². The zero-order chi connectivity index (χ0) is 47.3. The average Bonchev–Trinajstić information content (AvgIpc) is 3.34. The lowest BCUT2D eigenvalue weighted by molar-refractivity contribution is -0.432. The quantitative estimate of drug-likeness (QED) is 0.0164. The Kier molecular flexibility index (Phi) is 16.2. The Balaban J connectivity index is 1.04. The van der Waals surface area contributed by atoms with Gasteiger partial charge in [0, 0.05) is 106 Å². The lowest BCUT2D eigenvalue weighted by Crippen LogP contribution is -2.48. The van der Waals surface area contributed by atoms with Crippen LogP contribution in [-0.2, 0) is 19.5 Å². The molecule has 0 spiro atoms. The standard InChI is InChI=1S/C44H52N16O6S2/c45-17-19-57-21-25-59(26-22-57)43-53-39(47-33-7-3-1-4-8-33)51-41(55-43)49-35-15-13-31(37(29-35)67-66-65-61)11-12-32-14-16-36(30-38(32)68(62,63)64)50-42-52-40(48-34-9-5-2-6-10-34)54-44(56-42)60-27-23-58(20-18-46)24-28-60/h1-16,29-30,61H,17-28,45-46H2,(H,62,63,64)(H2,47,49,51,53,55)(H2,48,50,52,54,56). The van der Waals surface area contributed by atoms with Crippen LogP contribution in [-0.4, -0.2) is 136 Å². The highest BCUT2D eigenvalue weighted by molar-refractivity contribution is 7.94. The van der Waals surface area contributed by atoms with Crippen LogP contribution in [0.4, 0.5) is 58.4 Å². The molecule has 68 heavy (non-hydrogen) atoms. The third-order valence-corrected chi connectivity index (χ3v) is 12.5. The first-order chi connectivity index (χ1) is 33.1. The predicted molar refractivity (Wildman–Crippen MR) is 263 cm³/mol. The molecule has 2 saturated heterocycles. The zero-order valence-corrected chi connectivity index (χ0v) is 38.5. The summed E-state index contributed by atoms with van der Waals surface area (Å²) in [4.78, 5) is 36.9. The van der Waals surface area contributed by atoms with Crippen molar-refractivity contribution in [2.45, 2.75) is 9.79 Å². The molecule has 0 atom stereocenters. The molecule has 356 valence electrons. The van der Waals surface area contributed by atoms with Crippen LogP contribution in [0, 0.1) is 0 Å². The van der Waals surface area contributed by atoms with Crippen LogP contribution in [0.5, 0.6) is 0 Å².